The first-order valence-corrected chi connectivity index (χ1v) is 10.1. The quantitative estimate of drug-likeness (QED) is 0.913. The Bertz CT molecular complexity index is 828. The highest BCUT2D eigenvalue weighted by Gasteiger charge is 2.39. The summed E-state index contributed by atoms with van der Waals surface area (Å²) >= 11 is 2.89. The highest BCUT2D eigenvalue weighted by molar-refractivity contribution is 7.99. The van der Waals surface area contributed by atoms with Crippen LogP contribution in [0.5, 0.6) is 0 Å². The zero-order valence-electron chi connectivity index (χ0n) is 11.9. The van der Waals surface area contributed by atoms with Gasteiger partial charge in [0.1, 0.15) is 10.9 Å². The van der Waals surface area contributed by atoms with E-state index in [0.717, 1.165) is 9.01 Å². The summed E-state index contributed by atoms with van der Waals surface area (Å²) in [5, 5.41) is 10.0. The van der Waals surface area contributed by atoms with E-state index in [1.54, 1.807) is 19.1 Å². The Morgan fingerprint density at radius 2 is 2.09 bits per heavy atom. The van der Waals surface area contributed by atoms with Gasteiger partial charge in [0.05, 0.1) is 0 Å². The molecule has 0 aliphatic carbocycles. The molecule has 1 fully saturated rings. The average molecular weight is 357 g/mol. The molecule has 3 rings (SSSR count). The fraction of sp³-hybridized carbons (Fsp3) is 0.357. The first-order valence-electron chi connectivity index (χ1n) is 6.73. The number of aryl methyl sites for hydroxylation is 1. The summed E-state index contributed by atoms with van der Waals surface area (Å²) in [6.45, 7) is 2.00. The van der Waals surface area contributed by atoms with E-state index in [4.69, 9.17) is 0 Å². The molecule has 1 atom stereocenters. The van der Waals surface area contributed by atoms with Gasteiger partial charge in [0.15, 0.2) is 0 Å². The van der Waals surface area contributed by atoms with Gasteiger partial charge in [0.2, 0.25) is 10.0 Å². The standard InChI is InChI=1S/C14H15NO4S3/c1-9-13(10-4-2-3-5-12(10)21-9)22(18,19)15-6-7-20-8-11(15)14(16)17/h2-5,11H,6-8H2,1H3,(H,16,17). The average Bonchev–Trinajstić information content (AvgIpc) is 2.83. The van der Waals surface area contributed by atoms with Crippen molar-refractivity contribution in [3.63, 3.8) is 0 Å². The highest BCUT2D eigenvalue weighted by atomic mass is 32.2. The van der Waals surface area contributed by atoms with Crippen LogP contribution in [0.25, 0.3) is 10.1 Å². The second kappa shape index (κ2) is 5.84. The minimum Gasteiger partial charge on any atom is -0.480 e. The van der Waals surface area contributed by atoms with E-state index in [1.807, 2.05) is 12.1 Å². The Morgan fingerprint density at radius 1 is 1.36 bits per heavy atom. The van der Waals surface area contributed by atoms with E-state index in [0.29, 0.717) is 16.0 Å². The minimum atomic E-state index is -3.82. The molecule has 0 radical (unpaired) electrons. The summed E-state index contributed by atoms with van der Waals surface area (Å²) in [6, 6.07) is 6.33. The number of thiophene rings is 1. The van der Waals surface area contributed by atoms with Crippen molar-refractivity contribution >= 4 is 49.2 Å². The molecule has 0 saturated carbocycles. The Labute approximate surface area is 137 Å². The number of hydrogen-bond acceptors (Lipinski definition) is 5. The van der Waals surface area contributed by atoms with Crippen LogP contribution in [0.4, 0.5) is 0 Å². The fourth-order valence-electron chi connectivity index (χ4n) is 2.65. The second-order valence-electron chi connectivity index (χ2n) is 5.03. The zero-order chi connectivity index (χ0) is 15.9. The van der Waals surface area contributed by atoms with E-state index >= 15 is 0 Å². The number of benzene rings is 1. The molecule has 1 aliphatic heterocycles. The van der Waals surface area contributed by atoms with Crippen LogP contribution >= 0.6 is 23.1 Å². The summed E-state index contributed by atoms with van der Waals surface area (Å²) in [5.74, 6) is -0.187. The lowest BCUT2D eigenvalue weighted by Gasteiger charge is -2.31. The first-order chi connectivity index (χ1) is 10.4. The number of thioether (sulfide) groups is 1. The fourth-order valence-corrected chi connectivity index (χ4v) is 7.25. The lowest BCUT2D eigenvalue weighted by molar-refractivity contribution is -0.140. The number of carboxylic acid groups (broad SMARTS) is 1. The van der Waals surface area contributed by atoms with Crippen molar-refractivity contribution in [2.24, 2.45) is 0 Å². The SMILES string of the molecule is Cc1sc2ccccc2c1S(=O)(=O)N1CCSCC1C(=O)O. The van der Waals surface area contributed by atoms with Crippen molar-refractivity contribution in [1.29, 1.82) is 0 Å². The maximum Gasteiger partial charge on any atom is 0.322 e. The van der Waals surface area contributed by atoms with E-state index in [2.05, 4.69) is 0 Å². The molecule has 0 amide bonds. The molecule has 2 aromatic rings. The van der Waals surface area contributed by atoms with Gasteiger partial charge >= 0.3 is 5.97 Å². The smallest absolute Gasteiger partial charge is 0.322 e. The molecule has 1 aromatic heterocycles. The van der Waals surface area contributed by atoms with Gasteiger partial charge in [-0.2, -0.15) is 16.1 Å². The summed E-state index contributed by atoms with van der Waals surface area (Å²) < 4.78 is 28.2. The molecule has 0 bridgehead atoms. The molecular weight excluding hydrogens is 342 g/mol. The van der Waals surface area contributed by atoms with Crippen molar-refractivity contribution in [2.45, 2.75) is 17.9 Å². The van der Waals surface area contributed by atoms with Crippen LogP contribution in [0, 0.1) is 6.92 Å². The number of aliphatic carboxylic acids is 1. The largest absolute Gasteiger partial charge is 0.480 e. The number of carboxylic acids is 1. The van der Waals surface area contributed by atoms with Crippen molar-refractivity contribution in [3.8, 4) is 0 Å². The van der Waals surface area contributed by atoms with Gasteiger partial charge in [-0.25, -0.2) is 8.42 Å². The van der Waals surface area contributed by atoms with Gasteiger partial charge in [0.25, 0.3) is 0 Å². The van der Waals surface area contributed by atoms with Crippen molar-refractivity contribution in [3.05, 3.63) is 29.1 Å². The molecule has 118 valence electrons. The summed E-state index contributed by atoms with van der Waals surface area (Å²) in [7, 11) is -3.82. The summed E-state index contributed by atoms with van der Waals surface area (Å²) in [6.07, 6.45) is 0. The molecule has 5 nitrogen and oxygen atoms in total. The molecule has 1 N–H and O–H groups in total. The number of rotatable bonds is 3. The van der Waals surface area contributed by atoms with Crippen molar-refractivity contribution in [2.75, 3.05) is 18.1 Å². The van der Waals surface area contributed by atoms with Crippen LogP contribution in [0.2, 0.25) is 0 Å². The maximum absolute atomic E-state index is 13.1. The number of hydrogen-bond donors (Lipinski definition) is 1. The molecule has 2 heterocycles. The van der Waals surface area contributed by atoms with Gasteiger partial charge in [-0.15, -0.1) is 11.3 Å². The number of sulfonamides is 1. The van der Waals surface area contributed by atoms with Gasteiger partial charge in [-0.05, 0) is 13.0 Å². The topological polar surface area (TPSA) is 74.7 Å². The van der Waals surface area contributed by atoms with Gasteiger partial charge in [-0.1, -0.05) is 18.2 Å². The Hall–Kier alpha value is -1.09. The lowest BCUT2D eigenvalue weighted by atomic mass is 10.2. The van der Waals surface area contributed by atoms with Crippen LogP contribution in [0.1, 0.15) is 4.88 Å². The molecule has 1 unspecified atom stereocenters. The van der Waals surface area contributed by atoms with Crippen LogP contribution in [0.3, 0.4) is 0 Å². The molecule has 1 aliphatic rings. The number of carbonyl (C=O) groups is 1. The van der Waals surface area contributed by atoms with Crippen molar-refractivity contribution in [1.82, 2.24) is 4.31 Å². The molecular formula is C14H15NO4S3. The predicted octanol–water partition coefficient (Wildman–Crippen LogP) is 2.40. The minimum absolute atomic E-state index is 0.230. The van der Waals surface area contributed by atoms with Crippen molar-refractivity contribution < 1.29 is 18.3 Å². The Kier molecular flexibility index (Phi) is 4.19. The zero-order valence-corrected chi connectivity index (χ0v) is 14.3. The number of nitrogens with zero attached hydrogens (tertiary/aromatic N) is 1. The van der Waals surface area contributed by atoms with Gasteiger partial charge < -0.3 is 5.11 Å². The van der Waals surface area contributed by atoms with Crippen LogP contribution in [0.15, 0.2) is 29.2 Å². The lowest BCUT2D eigenvalue weighted by Crippen LogP contribution is -2.50. The summed E-state index contributed by atoms with van der Waals surface area (Å²) in [5.41, 5.74) is 0. The third kappa shape index (κ3) is 2.54. The van der Waals surface area contributed by atoms with E-state index in [-0.39, 0.29) is 17.2 Å². The molecule has 22 heavy (non-hydrogen) atoms. The maximum atomic E-state index is 13.1. The first kappa shape index (κ1) is 15.8. The Morgan fingerprint density at radius 3 is 2.82 bits per heavy atom. The summed E-state index contributed by atoms with van der Waals surface area (Å²) in [4.78, 5) is 12.4. The normalized spacial score (nSPS) is 20.3. The highest BCUT2D eigenvalue weighted by Crippen LogP contribution is 2.37. The predicted molar refractivity (Wildman–Crippen MR) is 89.2 cm³/mol. The van der Waals surface area contributed by atoms with Crippen LogP contribution in [-0.2, 0) is 14.8 Å². The third-order valence-corrected chi connectivity index (χ3v) is 7.98. The van der Waals surface area contributed by atoms with Crippen LogP contribution in [-0.4, -0.2) is 47.9 Å². The van der Waals surface area contributed by atoms with Gasteiger partial charge in [0, 0.05) is 33.0 Å². The van der Waals surface area contributed by atoms with E-state index in [9.17, 15) is 18.3 Å². The molecule has 1 aromatic carbocycles. The van der Waals surface area contributed by atoms with Crippen LogP contribution < -0.4 is 0 Å². The number of fused-ring (bicyclic) bond motifs is 1. The second-order valence-corrected chi connectivity index (χ2v) is 9.26. The van der Waals surface area contributed by atoms with Gasteiger partial charge in [-0.3, -0.25) is 4.79 Å². The molecule has 1 saturated heterocycles. The molecule has 0 spiro atoms. The van der Waals surface area contributed by atoms with E-state index in [1.165, 1.54) is 23.1 Å². The monoisotopic (exact) mass is 357 g/mol. The van der Waals surface area contributed by atoms with E-state index < -0.39 is 22.0 Å². The molecule has 8 heteroatoms. The third-order valence-electron chi connectivity index (χ3n) is 3.65. The Balaban J connectivity index is 2.15.